The average molecular weight is 238 g/mol. The topological polar surface area (TPSA) is 43.4 Å². The van der Waals surface area contributed by atoms with Crippen LogP contribution in [0.5, 0.6) is 0 Å². The highest BCUT2D eigenvalue weighted by Gasteiger charge is 2.07. The number of hydrogen-bond acceptors (Lipinski definition) is 3. The number of ether oxygens (including phenoxy) is 1. The number of allylic oxidation sites excluding steroid dienone is 1. The van der Waals surface area contributed by atoms with Crippen molar-refractivity contribution in [2.75, 3.05) is 6.61 Å². The van der Waals surface area contributed by atoms with Gasteiger partial charge in [0.2, 0.25) is 0 Å². The van der Waals surface area contributed by atoms with Crippen LogP contribution in [-0.4, -0.2) is 18.4 Å². The molecule has 0 N–H and O–H groups in total. The molecule has 0 heterocycles. The van der Waals surface area contributed by atoms with Crippen molar-refractivity contribution in [1.29, 1.82) is 0 Å². The minimum absolute atomic E-state index is 0.108. The molecule has 3 nitrogen and oxygen atoms in total. The zero-order valence-corrected chi connectivity index (χ0v) is 10.9. The van der Waals surface area contributed by atoms with Crippen LogP contribution >= 0.6 is 0 Å². The lowest BCUT2D eigenvalue weighted by Crippen LogP contribution is -2.08. The van der Waals surface area contributed by atoms with Crippen LogP contribution in [0, 0.1) is 0 Å². The van der Waals surface area contributed by atoms with Gasteiger partial charge in [-0.05, 0) is 31.3 Å². The standard InChI is InChI=1S/C14H22O3/c1-5-11(3)13(15)9-7-8-10-17-14(16)12(4)6-2/h3-10H2,1-2H3. The van der Waals surface area contributed by atoms with Crippen molar-refractivity contribution in [3.05, 3.63) is 24.3 Å². The Kier molecular flexibility index (Phi) is 8.03. The normalized spacial score (nSPS) is 9.76. The average Bonchev–Trinajstić information content (AvgIpc) is 2.35. The van der Waals surface area contributed by atoms with E-state index in [9.17, 15) is 9.59 Å². The molecule has 0 rings (SSSR count). The minimum atomic E-state index is -0.336. The lowest BCUT2D eigenvalue weighted by molar-refractivity contribution is -0.139. The Labute approximate surface area is 104 Å². The summed E-state index contributed by atoms with van der Waals surface area (Å²) in [4.78, 5) is 22.6. The van der Waals surface area contributed by atoms with Gasteiger partial charge in [0.05, 0.1) is 6.61 Å². The maximum Gasteiger partial charge on any atom is 0.333 e. The summed E-state index contributed by atoms with van der Waals surface area (Å²) in [6.45, 7) is 11.4. The molecule has 0 fully saturated rings. The number of carbonyl (C=O) groups is 2. The molecule has 0 spiro atoms. The zero-order valence-electron chi connectivity index (χ0n) is 10.9. The van der Waals surface area contributed by atoms with E-state index in [1.165, 1.54) is 0 Å². The van der Waals surface area contributed by atoms with Gasteiger partial charge in [-0.15, -0.1) is 0 Å². The molecule has 0 saturated heterocycles. The lowest BCUT2D eigenvalue weighted by Gasteiger charge is -2.05. The van der Waals surface area contributed by atoms with Crippen LogP contribution in [-0.2, 0) is 14.3 Å². The Morgan fingerprint density at radius 2 is 1.59 bits per heavy atom. The number of rotatable bonds is 9. The summed E-state index contributed by atoms with van der Waals surface area (Å²) in [5, 5.41) is 0. The fourth-order valence-electron chi connectivity index (χ4n) is 1.17. The van der Waals surface area contributed by atoms with E-state index in [-0.39, 0.29) is 11.8 Å². The molecule has 17 heavy (non-hydrogen) atoms. The van der Waals surface area contributed by atoms with Gasteiger partial charge >= 0.3 is 5.97 Å². The second kappa shape index (κ2) is 8.74. The van der Waals surface area contributed by atoms with Crippen molar-refractivity contribution in [3.8, 4) is 0 Å². The van der Waals surface area contributed by atoms with E-state index in [2.05, 4.69) is 13.2 Å². The summed E-state index contributed by atoms with van der Waals surface area (Å²) < 4.78 is 4.99. The van der Waals surface area contributed by atoms with Gasteiger partial charge in [-0.2, -0.15) is 0 Å². The van der Waals surface area contributed by atoms with Gasteiger partial charge in [-0.3, -0.25) is 4.79 Å². The summed E-state index contributed by atoms with van der Waals surface area (Å²) in [5.74, 6) is -0.228. The predicted molar refractivity (Wildman–Crippen MR) is 68.7 cm³/mol. The first kappa shape index (κ1) is 15.6. The van der Waals surface area contributed by atoms with E-state index in [1.54, 1.807) is 0 Å². The van der Waals surface area contributed by atoms with E-state index < -0.39 is 0 Å². The number of hydrogen-bond donors (Lipinski definition) is 0. The minimum Gasteiger partial charge on any atom is -0.462 e. The van der Waals surface area contributed by atoms with E-state index in [4.69, 9.17) is 4.74 Å². The van der Waals surface area contributed by atoms with E-state index in [0.717, 1.165) is 6.42 Å². The molecule has 0 aromatic carbocycles. The van der Waals surface area contributed by atoms with E-state index in [0.29, 0.717) is 43.4 Å². The summed E-state index contributed by atoms with van der Waals surface area (Å²) >= 11 is 0. The van der Waals surface area contributed by atoms with Gasteiger partial charge < -0.3 is 4.74 Å². The molecule has 0 saturated carbocycles. The van der Waals surface area contributed by atoms with Crippen molar-refractivity contribution >= 4 is 11.8 Å². The van der Waals surface area contributed by atoms with Crippen molar-refractivity contribution in [2.24, 2.45) is 0 Å². The monoisotopic (exact) mass is 238 g/mol. The largest absolute Gasteiger partial charge is 0.462 e. The number of Topliss-reactive ketones (excluding diaryl/α,β-unsaturated/α-hetero) is 1. The molecular weight excluding hydrogens is 216 g/mol. The molecule has 0 aromatic heterocycles. The molecule has 0 aliphatic rings. The summed E-state index contributed by atoms with van der Waals surface area (Å²) in [6, 6.07) is 0. The van der Waals surface area contributed by atoms with Crippen molar-refractivity contribution in [1.82, 2.24) is 0 Å². The number of carbonyl (C=O) groups excluding carboxylic acids is 2. The lowest BCUT2D eigenvalue weighted by atomic mass is 10.1. The van der Waals surface area contributed by atoms with Gasteiger partial charge in [-0.1, -0.05) is 27.0 Å². The second-order valence-electron chi connectivity index (χ2n) is 3.93. The molecule has 0 amide bonds. The molecular formula is C14H22O3. The molecule has 0 bridgehead atoms. The Morgan fingerprint density at radius 3 is 2.12 bits per heavy atom. The van der Waals surface area contributed by atoms with Crippen LogP contribution in [0.15, 0.2) is 24.3 Å². The fraction of sp³-hybridized carbons (Fsp3) is 0.571. The highest BCUT2D eigenvalue weighted by atomic mass is 16.5. The van der Waals surface area contributed by atoms with Crippen LogP contribution in [0.1, 0.15) is 46.0 Å². The molecule has 3 heteroatoms. The molecule has 0 aliphatic carbocycles. The van der Waals surface area contributed by atoms with Crippen LogP contribution in [0.4, 0.5) is 0 Å². The van der Waals surface area contributed by atoms with E-state index in [1.807, 2.05) is 13.8 Å². The quantitative estimate of drug-likeness (QED) is 0.352. The third kappa shape index (κ3) is 6.72. The number of unbranched alkanes of at least 4 members (excludes halogenated alkanes) is 1. The third-order valence-electron chi connectivity index (χ3n) is 2.57. The van der Waals surface area contributed by atoms with Crippen LogP contribution in [0.25, 0.3) is 0 Å². The summed E-state index contributed by atoms with van der Waals surface area (Å²) in [5.41, 5.74) is 1.15. The number of ketones is 1. The Morgan fingerprint density at radius 1 is 1.00 bits per heavy atom. The molecule has 0 radical (unpaired) electrons. The Bertz CT molecular complexity index is 273. The first-order valence-electron chi connectivity index (χ1n) is 6.08. The highest BCUT2D eigenvalue weighted by Crippen LogP contribution is 2.07. The van der Waals surface area contributed by atoms with Gasteiger partial charge in [0, 0.05) is 12.0 Å². The molecule has 96 valence electrons. The SMILES string of the molecule is C=C(CC)C(=O)CCCCOC(=O)C(=C)CC. The fourth-order valence-corrected chi connectivity index (χ4v) is 1.17. The maximum absolute atomic E-state index is 11.4. The molecule has 0 unspecified atom stereocenters. The molecule has 0 aliphatic heterocycles. The first-order chi connectivity index (χ1) is 8.02. The maximum atomic E-state index is 11.4. The van der Waals surface area contributed by atoms with Gasteiger partial charge in [-0.25, -0.2) is 4.79 Å². The van der Waals surface area contributed by atoms with Gasteiger partial charge in [0.25, 0.3) is 0 Å². The third-order valence-corrected chi connectivity index (χ3v) is 2.57. The highest BCUT2D eigenvalue weighted by molar-refractivity contribution is 5.94. The van der Waals surface area contributed by atoms with Crippen molar-refractivity contribution < 1.29 is 14.3 Å². The first-order valence-corrected chi connectivity index (χ1v) is 6.08. The Balaban J connectivity index is 3.60. The van der Waals surface area contributed by atoms with Gasteiger partial charge in [0.1, 0.15) is 0 Å². The predicted octanol–water partition coefficient (Wildman–Crippen LogP) is 3.20. The number of esters is 1. The summed E-state index contributed by atoms with van der Waals surface area (Å²) in [6.07, 6.45) is 3.21. The van der Waals surface area contributed by atoms with Crippen LogP contribution in [0.2, 0.25) is 0 Å². The van der Waals surface area contributed by atoms with E-state index >= 15 is 0 Å². The summed E-state index contributed by atoms with van der Waals surface area (Å²) in [7, 11) is 0. The van der Waals surface area contributed by atoms with Crippen molar-refractivity contribution in [2.45, 2.75) is 46.0 Å². The Hall–Kier alpha value is -1.38. The van der Waals surface area contributed by atoms with Crippen LogP contribution in [0.3, 0.4) is 0 Å². The second-order valence-corrected chi connectivity index (χ2v) is 3.93. The zero-order chi connectivity index (χ0) is 13.3. The van der Waals surface area contributed by atoms with Gasteiger partial charge in [0.15, 0.2) is 5.78 Å². The van der Waals surface area contributed by atoms with Crippen molar-refractivity contribution in [3.63, 3.8) is 0 Å². The van der Waals surface area contributed by atoms with Crippen LogP contribution < -0.4 is 0 Å². The smallest absolute Gasteiger partial charge is 0.333 e. The molecule has 0 aromatic rings. The molecule has 0 atom stereocenters.